The SMILES string of the molecule is CCCCNc1nc2ccccc2n1S(=O)(=O)c1ccc(C)cc1. The van der Waals surface area contributed by atoms with Gasteiger partial charge in [-0.15, -0.1) is 0 Å². The van der Waals surface area contributed by atoms with Crippen molar-refractivity contribution in [2.24, 2.45) is 0 Å². The summed E-state index contributed by atoms with van der Waals surface area (Å²) in [6, 6.07) is 14.1. The number of fused-ring (bicyclic) bond motifs is 1. The second-order valence-corrected chi connectivity index (χ2v) is 7.57. The van der Waals surface area contributed by atoms with Crippen molar-refractivity contribution in [1.29, 1.82) is 0 Å². The van der Waals surface area contributed by atoms with Crippen molar-refractivity contribution in [3.8, 4) is 0 Å². The van der Waals surface area contributed by atoms with E-state index in [2.05, 4.69) is 17.2 Å². The first-order chi connectivity index (χ1) is 11.5. The molecule has 0 saturated heterocycles. The summed E-state index contributed by atoms with van der Waals surface area (Å²) >= 11 is 0. The third-order valence-electron chi connectivity index (χ3n) is 3.89. The highest BCUT2D eigenvalue weighted by Gasteiger charge is 2.24. The Morgan fingerprint density at radius 1 is 1.08 bits per heavy atom. The number of nitrogens with one attached hydrogen (secondary N) is 1. The zero-order valence-electron chi connectivity index (χ0n) is 13.9. The summed E-state index contributed by atoms with van der Waals surface area (Å²) in [6.07, 6.45) is 1.98. The minimum atomic E-state index is -3.72. The third kappa shape index (κ3) is 3.01. The molecule has 0 spiro atoms. The minimum Gasteiger partial charge on any atom is -0.355 e. The fourth-order valence-electron chi connectivity index (χ4n) is 2.55. The van der Waals surface area contributed by atoms with Crippen LogP contribution in [0.25, 0.3) is 11.0 Å². The van der Waals surface area contributed by atoms with Crippen LogP contribution in [0.4, 0.5) is 5.95 Å². The molecule has 1 heterocycles. The summed E-state index contributed by atoms with van der Waals surface area (Å²) in [5, 5.41) is 3.16. The molecule has 0 radical (unpaired) electrons. The van der Waals surface area contributed by atoms with Crippen LogP contribution in [0.3, 0.4) is 0 Å². The standard InChI is InChI=1S/C18H21N3O2S/c1-3-4-13-19-18-20-16-7-5-6-8-17(16)21(18)24(22,23)15-11-9-14(2)10-12-15/h5-12H,3-4,13H2,1-2H3,(H,19,20). The minimum absolute atomic E-state index is 0.259. The fraction of sp³-hybridized carbons (Fsp3) is 0.278. The van der Waals surface area contributed by atoms with Crippen molar-refractivity contribution in [3.05, 3.63) is 54.1 Å². The van der Waals surface area contributed by atoms with Crippen molar-refractivity contribution in [2.45, 2.75) is 31.6 Å². The third-order valence-corrected chi connectivity index (χ3v) is 5.61. The van der Waals surface area contributed by atoms with Gasteiger partial charge in [0, 0.05) is 6.54 Å². The first-order valence-electron chi connectivity index (χ1n) is 8.07. The highest BCUT2D eigenvalue weighted by Crippen LogP contribution is 2.26. The molecule has 6 heteroatoms. The first-order valence-corrected chi connectivity index (χ1v) is 9.51. The normalized spacial score (nSPS) is 11.8. The first kappa shape index (κ1) is 16.5. The van der Waals surface area contributed by atoms with E-state index in [1.54, 1.807) is 30.3 Å². The number of aromatic nitrogens is 2. The van der Waals surface area contributed by atoms with Gasteiger partial charge in [-0.25, -0.2) is 17.4 Å². The van der Waals surface area contributed by atoms with E-state index in [1.165, 1.54) is 3.97 Å². The highest BCUT2D eigenvalue weighted by atomic mass is 32.2. The Kier molecular flexibility index (Phi) is 4.57. The summed E-state index contributed by atoms with van der Waals surface area (Å²) in [5.41, 5.74) is 2.26. The predicted molar refractivity (Wildman–Crippen MR) is 96.9 cm³/mol. The van der Waals surface area contributed by atoms with Crippen molar-refractivity contribution < 1.29 is 8.42 Å². The van der Waals surface area contributed by atoms with Crippen LogP contribution in [0.15, 0.2) is 53.4 Å². The van der Waals surface area contributed by atoms with Gasteiger partial charge in [0.2, 0.25) is 5.95 Å². The van der Waals surface area contributed by atoms with E-state index in [9.17, 15) is 8.42 Å². The van der Waals surface area contributed by atoms with Gasteiger partial charge in [0.25, 0.3) is 10.0 Å². The van der Waals surface area contributed by atoms with Crippen LogP contribution in [0, 0.1) is 6.92 Å². The van der Waals surface area contributed by atoms with E-state index in [0.717, 1.165) is 18.4 Å². The Bertz CT molecular complexity index is 944. The van der Waals surface area contributed by atoms with Crippen LogP contribution >= 0.6 is 0 Å². The molecule has 24 heavy (non-hydrogen) atoms. The number of aryl methyl sites for hydroxylation is 1. The van der Waals surface area contributed by atoms with Gasteiger partial charge in [0.1, 0.15) is 0 Å². The molecule has 0 amide bonds. The van der Waals surface area contributed by atoms with Crippen LogP contribution in [0.5, 0.6) is 0 Å². The van der Waals surface area contributed by atoms with Gasteiger partial charge in [0.05, 0.1) is 15.9 Å². The number of anilines is 1. The molecule has 0 aliphatic rings. The molecule has 1 aromatic heterocycles. The number of imidazole rings is 1. The number of rotatable bonds is 6. The Labute approximate surface area is 142 Å². The average Bonchev–Trinajstić information content (AvgIpc) is 2.94. The number of benzene rings is 2. The van der Waals surface area contributed by atoms with Crippen molar-refractivity contribution in [1.82, 2.24) is 8.96 Å². The summed E-state index contributed by atoms with van der Waals surface area (Å²) in [5.74, 6) is 0.366. The molecule has 0 fully saturated rings. The average molecular weight is 343 g/mol. The van der Waals surface area contributed by atoms with Crippen molar-refractivity contribution >= 4 is 27.0 Å². The number of para-hydroxylation sites is 2. The molecule has 0 saturated carbocycles. The molecular weight excluding hydrogens is 322 g/mol. The molecule has 126 valence electrons. The van der Waals surface area contributed by atoms with Crippen LogP contribution in [0.2, 0.25) is 0 Å². The lowest BCUT2D eigenvalue weighted by atomic mass is 10.2. The smallest absolute Gasteiger partial charge is 0.271 e. The van der Waals surface area contributed by atoms with E-state index < -0.39 is 10.0 Å². The lowest BCUT2D eigenvalue weighted by molar-refractivity contribution is 0.589. The zero-order chi connectivity index (χ0) is 17.2. The second kappa shape index (κ2) is 6.65. The van der Waals surface area contributed by atoms with Crippen molar-refractivity contribution in [2.75, 3.05) is 11.9 Å². The maximum absolute atomic E-state index is 13.2. The Balaban J connectivity index is 2.15. The van der Waals surface area contributed by atoms with Gasteiger partial charge in [-0.05, 0) is 37.6 Å². The largest absolute Gasteiger partial charge is 0.355 e. The second-order valence-electron chi connectivity index (χ2n) is 5.79. The van der Waals surface area contributed by atoms with Gasteiger partial charge < -0.3 is 5.32 Å². The summed E-state index contributed by atoms with van der Waals surface area (Å²) in [7, 11) is -3.72. The Morgan fingerprint density at radius 3 is 2.50 bits per heavy atom. The maximum atomic E-state index is 13.2. The fourth-order valence-corrected chi connectivity index (χ4v) is 3.99. The van der Waals surface area contributed by atoms with Gasteiger partial charge in [0.15, 0.2) is 0 Å². The zero-order valence-corrected chi connectivity index (χ0v) is 14.7. The topological polar surface area (TPSA) is 64.0 Å². The number of hydrogen-bond acceptors (Lipinski definition) is 4. The van der Waals surface area contributed by atoms with E-state index >= 15 is 0 Å². The quantitative estimate of drug-likeness (QED) is 0.692. The summed E-state index contributed by atoms with van der Waals surface area (Å²) < 4.78 is 27.6. The van der Waals surface area contributed by atoms with Crippen LogP contribution in [-0.2, 0) is 10.0 Å². The lowest BCUT2D eigenvalue weighted by Gasteiger charge is -2.12. The molecular formula is C18H21N3O2S. The predicted octanol–water partition coefficient (Wildman–Crippen LogP) is 3.79. The van der Waals surface area contributed by atoms with Gasteiger partial charge in [-0.2, -0.15) is 0 Å². The Morgan fingerprint density at radius 2 is 1.79 bits per heavy atom. The van der Waals surface area contributed by atoms with Gasteiger partial charge in [-0.3, -0.25) is 0 Å². The molecule has 0 aliphatic heterocycles. The number of hydrogen-bond donors (Lipinski definition) is 1. The molecule has 0 unspecified atom stereocenters. The summed E-state index contributed by atoms with van der Waals surface area (Å²) in [6.45, 7) is 4.71. The van der Waals surface area contributed by atoms with Crippen LogP contribution in [-0.4, -0.2) is 23.9 Å². The highest BCUT2D eigenvalue weighted by molar-refractivity contribution is 7.90. The molecule has 0 bridgehead atoms. The van der Waals surface area contributed by atoms with Crippen molar-refractivity contribution in [3.63, 3.8) is 0 Å². The number of unbranched alkanes of at least 4 members (excludes halogenated alkanes) is 1. The van der Waals surface area contributed by atoms with E-state index in [-0.39, 0.29) is 4.90 Å². The molecule has 2 aromatic carbocycles. The Hall–Kier alpha value is -2.34. The molecule has 0 aliphatic carbocycles. The molecule has 1 N–H and O–H groups in total. The van der Waals surface area contributed by atoms with Gasteiger partial charge >= 0.3 is 0 Å². The molecule has 0 atom stereocenters. The van der Waals surface area contributed by atoms with Crippen LogP contribution in [0.1, 0.15) is 25.3 Å². The van der Waals surface area contributed by atoms with Gasteiger partial charge in [-0.1, -0.05) is 43.2 Å². The number of nitrogens with zero attached hydrogens (tertiary/aromatic N) is 2. The molecule has 5 nitrogen and oxygen atoms in total. The lowest BCUT2D eigenvalue weighted by Crippen LogP contribution is -2.17. The maximum Gasteiger partial charge on any atom is 0.271 e. The molecule has 3 aromatic rings. The van der Waals surface area contributed by atoms with Crippen LogP contribution < -0.4 is 5.32 Å². The van der Waals surface area contributed by atoms with E-state index in [1.807, 2.05) is 25.1 Å². The summed E-state index contributed by atoms with van der Waals surface area (Å²) in [4.78, 5) is 4.73. The van der Waals surface area contributed by atoms with E-state index in [4.69, 9.17) is 0 Å². The van der Waals surface area contributed by atoms with E-state index in [0.29, 0.717) is 23.5 Å². The monoisotopic (exact) mass is 343 g/mol. The molecule has 3 rings (SSSR count).